The van der Waals surface area contributed by atoms with Gasteiger partial charge in [0.05, 0.1) is 0 Å². The molecule has 0 radical (unpaired) electrons. The first kappa shape index (κ1) is 9.22. The number of nitrogens with two attached hydrogens (primary N) is 1. The fraction of sp³-hybridized carbons (Fsp3) is 0.636. The molecule has 1 fully saturated rings. The third-order valence-corrected chi connectivity index (χ3v) is 4.39. The molecule has 0 spiro atoms. The first-order chi connectivity index (χ1) is 6.03. The van der Waals surface area contributed by atoms with E-state index in [1.165, 1.54) is 28.2 Å². The van der Waals surface area contributed by atoms with Crippen LogP contribution in [0.5, 0.6) is 0 Å². The summed E-state index contributed by atoms with van der Waals surface area (Å²) in [6.07, 6.45) is 2.59. The topological polar surface area (TPSA) is 26.0 Å². The third-order valence-electron chi connectivity index (χ3n) is 3.15. The van der Waals surface area contributed by atoms with E-state index in [0.717, 1.165) is 0 Å². The lowest BCUT2D eigenvalue weighted by atomic mass is 9.96. The molecule has 1 saturated carbocycles. The second-order valence-corrected chi connectivity index (χ2v) is 5.82. The van der Waals surface area contributed by atoms with Crippen LogP contribution in [0.3, 0.4) is 0 Å². The molecule has 1 aliphatic carbocycles. The largest absolute Gasteiger partial charge is 0.323 e. The summed E-state index contributed by atoms with van der Waals surface area (Å²) in [6.45, 7) is 6.62. The van der Waals surface area contributed by atoms with Gasteiger partial charge in [-0.2, -0.15) is 0 Å². The van der Waals surface area contributed by atoms with Crippen molar-refractivity contribution in [1.82, 2.24) is 0 Å². The minimum Gasteiger partial charge on any atom is -0.323 e. The van der Waals surface area contributed by atoms with Gasteiger partial charge in [0.1, 0.15) is 0 Å². The molecule has 0 bridgehead atoms. The highest BCUT2D eigenvalue weighted by Gasteiger charge is 2.44. The zero-order valence-corrected chi connectivity index (χ0v) is 9.37. The standard InChI is InChI=1S/C11H17NS/c1-7-6-8(2)13-9(7)10(12)11(3)4-5-11/h6,10H,4-5,12H2,1-3H3. The van der Waals surface area contributed by atoms with Gasteiger partial charge in [-0.15, -0.1) is 11.3 Å². The van der Waals surface area contributed by atoms with Gasteiger partial charge in [0.25, 0.3) is 0 Å². The maximum Gasteiger partial charge on any atom is 0.0447 e. The molecule has 1 nitrogen and oxygen atoms in total. The summed E-state index contributed by atoms with van der Waals surface area (Å²) < 4.78 is 0. The molecular weight excluding hydrogens is 178 g/mol. The minimum absolute atomic E-state index is 0.270. The molecule has 0 aromatic carbocycles. The Kier molecular flexibility index (Phi) is 2.00. The van der Waals surface area contributed by atoms with E-state index in [0.29, 0.717) is 5.41 Å². The van der Waals surface area contributed by atoms with Gasteiger partial charge in [-0.25, -0.2) is 0 Å². The van der Waals surface area contributed by atoms with Crippen molar-refractivity contribution < 1.29 is 0 Å². The highest BCUT2D eigenvalue weighted by Crippen LogP contribution is 2.54. The Labute approximate surface area is 84.0 Å². The predicted octanol–water partition coefficient (Wildman–Crippen LogP) is 3.16. The fourth-order valence-electron chi connectivity index (χ4n) is 1.79. The molecule has 13 heavy (non-hydrogen) atoms. The van der Waals surface area contributed by atoms with Crippen LogP contribution in [0.15, 0.2) is 6.07 Å². The van der Waals surface area contributed by atoms with E-state index < -0.39 is 0 Å². The van der Waals surface area contributed by atoms with Crippen molar-refractivity contribution in [2.75, 3.05) is 0 Å². The lowest BCUT2D eigenvalue weighted by Gasteiger charge is -2.18. The molecular formula is C11H17NS. The molecule has 72 valence electrons. The lowest BCUT2D eigenvalue weighted by Crippen LogP contribution is -2.19. The van der Waals surface area contributed by atoms with E-state index in [2.05, 4.69) is 26.8 Å². The first-order valence-corrected chi connectivity index (χ1v) is 5.67. The molecule has 1 aromatic rings. The second-order valence-electron chi connectivity index (χ2n) is 4.54. The molecule has 0 aliphatic heterocycles. The highest BCUT2D eigenvalue weighted by atomic mass is 32.1. The molecule has 2 N–H and O–H groups in total. The van der Waals surface area contributed by atoms with Crippen LogP contribution in [-0.2, 0) is 0 Å². The molecule has 1 aromatic heterocycles. The van der Waals surface area contributed by atoms with E-state index in [1.807, 2.05) is 11.3 Å². The number of hydrogen-bond acceptors (Lipinski definition) is 2. The van der Waals surface area contributed by atoms with Gasteiger partial charge < -0.3 is 5.73 Å². The van der Waals surface area contributed by atoms with Gasteiger partial charge in [0.2, 0.25) is 0 Å². The number of aryl methyl sites for hydroxylation is 2. The van der Waals surface area contributed by atoms with Crippen molar-refractivity contribution >= 4 is 11.3 Å². The first-order valence-electron chi connectivity index (χ1n) is 4.85. The van der Waals surface area contributed by atoms with Gasteiger partial charge in [0, 0.05) is 15.8 Å². The molecule has 1 heterocycles. The van der Waals surface area contributed by atoms with Crippen LogP contribution in [0.1, 0.15) is 41.1 Å². The Morgan fingerprint density at radius 3 is 2.46 bits per heavy atom. The summed E-state index contributed by atoms with van der Waals surface area (Å²) >= 11 is 1.86. The Balaban J connectivity index is 2.29. The molecule has 0 saturated heterocycles. The monoisotopic (exact) mass is 195 g/mol. The van der Waals surface area contributed by atoms with Crippen molar-refractivity contribution in [3.05, 3.63) is 21.4 Å². The van der Waals surface area contributed by atoms with Crippen LogP contribution in [-0.4, -0.2) is 0 Å². The second kappa shape index (κ2) is 2.82. The quantitative estimate of drug-likeness (QED) is 0.770. The zero-order chi connectivity index (χ0) is 9.64. The van der Waals surface area contributed by atoms with Gasteiger partial charge in [0.15, 0.2) is 0 Å². The smallest absolute Gasteiger partial charge is 0.0447 e. The average molecular weight is 195 g/mol. The summed E-state index contributed by atoms with van der Waals surface area (Å²) in [5.74, 6) is 0. The maximum atomic E-state index is 6.26. The van der Waals surface area contributed by atoms with E-state index >= 15 is 0 Å². The lowest BCUT2D eigenvalue weighted by molar-refractivity contribution is 0.456. The number of hydrogen-bond donors (Lipinski definition) is 1. The molecule has 2 heteroatoms. The Morgan fingerprint density at radius 2 is 2.08 bits per heavy atom. The van der Waals surface area contributed by atoms with Crippen LogP contribution in [0, 0.1) is 19.3 Å². The van der Waals surface area contributed by atoms with Crippen molar-refractivity contribution in [3.63, 3.8) is 0 Å². The molecule has 0 amide bonds. The summed E-state index contributed by atoms with van der Waals surface area (Å²) in [4.78, 5) is 2.78. The Hall–Kier alpha value is -0.340. The average Bonchev–Trinajstić information content (AvgIpc) is 2.71. The van der Waals surface area contributed by atoms with Crippen molar-refractivity contribution in [1.29, 1.82) is 0 Å². The summed E-state index contributed by atoms with van der Waals surface area (Å²) in [7, 11) is 0. The predicted molar refractivity (Wildman–Crippen MR) is 58.1 cm³/mol. The number of rotatable bonds is 2. The van der Waals surface area contributed by atoms with Crippen LogP contribution in [0.4, 0.5) is 0 Å². The number of thiophene rings is 1. The van der Waals surface area contributed by atoms with Crippen molar-refractivity contribution in [3.8, 4) is 0 Å². The SMILES string of the molecule is Cc1cc(C)c(C(N)C2(C)CC2)s1. The van der Waals surface area contributed by atoms with Crippen molar-refractivity contribution in [2.45, 2.75) is 39.7 Å². The molecule has 2 rings (SSSR count). The van der Waals surface area contributed by atoms with E-state index in [9.17, 15) is 0 Å². The van der Waals surface area contributed by atoms with E-state index in [-0.39, 0.29) is 6.04 Å². The molecule has 1 atom stereocenters. The summed E-state index contributed by atoms with van der Waals surface area (Å²) in [5.41, 5.74) is 8.04. The summed E-state index contributed by atoms with van der Waals surface area (Å²) in [6, 6.07) is 2.51. The third kappa shape index (κ3) is 1.53. The molecule has 1 aliphatic rings. The van der Waals surface area contributed by atoms with Crippen molar-refractivity contribution in [2.24, 2.45) is 11.1 Å². The highest BCUT2D eigenvalue weighted by molar-refractivity contribution is 7.12. The van der Waals surface area contributed by atoms with Crippen LogP contribution < -0.4 is 5.73 Å². The zero-order valence-electron chi connectivity index (χ0n) is 8.55. The summed E-state index contributed by atoms with van der Waals surface area (Å²) in [5, 5.41) is 0. The van der Waals surface area contributed by atoms with Gasteiger partial charge in [-0.3, -0.25) is 0 Å². The minimum atomic E-state index is 0.270. The van der Waals surface area contributed by atoms with Crippen LogP contribution in [0.25, 0.3) is 0 Å². The van der Waals surface area contributed by atoms with Gasteiger partial charge in [-0.1, -0.05) is 6.92 Å². The fourth-order valence-corrected chi connectivity index (χ4v) is 3.01. The normalized spacial score (nSPS) is 21.5. The Bertz CT molecular complexity index is 323. The van der Waals surface area contributed by atoms with Gasteiger partial charge >= 0.3 is 0 Å². The molecule has 1 unspecified atom stereocenters. The van der Waals surface area contributed by atoms with Crippen LogP contribution in [0.2, 0.25) is 0 Å². The Morgan fingerprint density at radius 1 is 1.46 bits per heavy atom. The van der Waals surface area contributed by atoms with Gasteiger partial charge in [-0.05, 0) is 43.7 Å². The van der Waals surface area contributed by atoms with E-state index in [1.54, 1.807) is 0 Å². The maximum absolute atomic E-state index is 6.26. The van der Waals surface area contributed by atoms with Crippen LogP contribution >= 0.6 is 11.3 Å². The van der Waals surface area contributed by atoms with E-state index in [4.69, 9.17) is 5.73 Å².